The van der Waals surface area contributed by atoms with Crippen LogP contribution in [0.1, 0.15) is 11.5 Å². The van der Waals surface area contributed by atoms with Crippen LogP contribution < -0.4 is 14.8 Å². The number of benzene rings is 3. The van der Waals surface area contributed by atoms with Crippen molar-refractivity contribution in [1.82, 2.24) is 10.2 Å². The van der Waals surface area contributed by atoms with Gasteiger partial charge in [0.1, 0.15) is 0 Å². The Morgan fingerprint density at radius 2 is 1.81 bits per heavy atom. The molecule has 4 aromatic rings. The number of rotatable bonds is 8. The number of fused-ring (bicyclic) bond motifs is 1. The second kappa shape index (κ2) is 9.53. The van der Waals surface area contributed by atoms with Crippen LogP contribution >= 0.6 is 11.8 Å². The minimum Gasteiger partial charge on any atom is -0.493 e. The van der Waals surface area contributed by atoms with Crippen LogP contribution in [0.4, 0.5) is 5.69 Å². The van der Waals surface area contributed by atoms with E-state index in [0.29, 0.717) is 29.0 Å². The molecule has 0 aliphatic rings. The summed E-state index contributed by atoms with van der Waals surface area (Å²) in [4.78, 5) is 12.4. The summed E-state index contributed by atoms with van der Waals surface area (Å²) >= 11 is 1.20. The highest BCUT2D eigenvalue weighted by Gasteiger charge is 2.13. The van der Waals surface area contributed by atoms with Gasteiger partial charge in [-0.2, -0.15) is 0 Å². The molecule has 0 atom stereocenters. The van der Waals surface area contributed by atoms with Crippen molar-refractivity contribution in [2.75, 3.05) is 25.3 Å². The monoisotopic (exact) mass is 435 g/mol. The lowest BCUT2D eigenvalue weighted by Crippen LogP contribution is -2.14. The molecule has 158 valence electrons. The van der Waals surface area contributed by atoms with Gasteiger partial charge in [-0.3, -0.25) is 4.79 Å². The highest BCUT2D eigenvalue weighted by atomic mass is 32.2. The summed E-state index contributed by atoms with van der Waals surface area (Å²) in [5, 5.41) is 13.5. The maximum atomic E-state index is 12.4. The van der Waals surface area contributed by atoms with Crippen LogP contribution in [0.15, 0.2) is 70.3 Å². The lowest BCUT2D eigenvalue weighted by Gasteiger charge is -2.08. The van der Waals surface area contributed by atoms with Gasteiger partial charge in [-0.25, -0.2) is 0 Å². The van der Waals surface area contributed by atoms with Crippen LogP contribution in [-0.2, 0) is 11.2 Å². The molecule has 0 unspecified atom stereocenters. The third kappa shape index (κ3) is 4.97. The first-order valence-electron chi connectivity index (χ1n) is 9.60. The van der Waals surface area contributed by atoms with E-state index in [2.05, 4.69) is 15.5 Å². The predicted molar refractivity (Wildman–Crippen MR) is 120 cm³/mol. The number of carbonyl (C=O) groups excluding carboxylic acids is 1. The number of aromatic nitrogens is 2. The Balaban J connectivity index is 1.35. The molecule has 1 amide bonds. The van der Waals surface area contributed by atoms with Gasteiger partial charge in [0, 0.05) is 11.1 Å². The fraction of sp³-hybridized carbons (Fsp3) is 0.174. The van der Waals surface area contributed by atoms with E-state index in [1.807, 2.05) is 60.7 Å². The number of methoxy groups -OCH3 is 2. The number of nitrogens with zero attached hydrogens (tertiary/aromatic N) is 2. The number of nitrogens with one attached hydrogen (secondary N) is 1. The molecule has 0 radical (unpaired) electrons. The molecule has 8 heteroatoms. The summed E-state index contributed by atoms with van der Waals surface area (Å²) in [6.45, 7) is 0. The Bertz CT molecular complexity index is 1200. The number of hydrogen-bond donors (Lipinski definition) is 1. The van der Waals surface area contributed by atoms with Gasteiger partial charge in [-0.15, -0.1) is 10.2 Å². The topological polar surface area (TPSA) is 86.5 Å². The predicted octanol–water partition coefficient (Wildman–Crippen LogP) is 4.56. The molecule has 31 heavy (non-hydrogen) atoms. The number of ether oxygens (including phenoxy) is 2. The van der Waals surface area contributed by atoms with Crippen LogP contribution in [0.25, 0.3) is 10.8 Å². The van der Waals surface area contributed by atoms with Gasteiger partial charge in [0.05, 0.1) is 26.4 Å². The summed E-state index contributed by atoms with van der Waals surface area (Å²) < 4.78 is 16.2. The van der Waals surface area contributed by atoms with E-state index in [1.54, 1.807) is 14.2 Å². The first-order chi connectivity index (χ1) is 15.2. The number of anilines is 1. The van der Waals surface area contributed by atoms with Gasteiger partial charge in [-0.1, -0.05) is 54.2 Å². The average molecular weight is 436 g/mol. The molecule has 0 aliphatic heterocycles. The molecule has 0 saturated heterocycles. The zero-order valence-corrected chi connectivity index (χ0v) is 17.9. The van der Waals surface area contributed by atoms with Crippen LogP contribution in [-0.4, -0.2) is 36.1 Å². The SMILES string of the molecule is COc1ccc(Cc2nnc(SCC(=O)Nc3cccc4ccccc34)o2)cc1OC. The van der Waals surface area contributed by atoms with Gasteiger partial charge in [-0.05, 0) is 29.1 Å². The highest BCUT2D eigenvalue weighted by Crippen LogP contribution is 2.29. The van der Waals surface area contributed by atoms with Crippen LogP contribution in [0.2, 0.25) is 0 Å². The van der Waals surface area contributed by atoms with Crippen LogP contribution in [0.3, 0.4) is 0 Å². The largest absolute Gasteiger partial charge is 0.493 e. The first-order valence-corrected chi connectivity index (χ1v) is 10.6. The fourth-order valence-electron chi connectivity index (χ4n) is 3.18. The van der Waals surface area contributed by atoms with Gasteiger partial charge in [0.15, 0.2) is 11.5 Å². The normalized spacial score (nSPS) is 10.8. The van der Waals surface area contributed by atoms with Gasteiger partial charge in [0.25, 0.3) is 5.22 Å². The quantitative estimate of drug-likeness (QED) is 0.406. The van der Waals surface area contributed by atoms with E-state index < -0.39 is 0 Å². The number of thioether (sulfide) groups is 1. The summed E-state index contributed by atoms with van der Waals surface area (Å²) in [7, 11) is 3.18. The zero-order chi connectivity index (χ0) is 21.6. The van der Waals surface area contributed by atoms with Crippen molar-refractivity contribution >= 4 is 34.1 Å². The maximum Gasteiger partial charge on any atom is 0.277 e. The van der Waals surface area contributed by atoms with E-state index in [9.17, 15) is 4.79 Å². The van der Waals surface area contributed by atoms with E-state index in [4.69, 9.17) is 13.9 Å². The van der Waals surface area contributed by atoms with Crippen molar-refractivity contribution in [2.45, 2.75) is 11.6 Å². The fourth-order valence-corrected chi connectivity index (χ4v) is 3.76. The molecule has 3 aromatic carbocycles. The first kappa shape index (κ1) is 20.7. The molecule has 4 rings (SSSR count). The molecule has 1 aromatic heterocycles. The molecule has 0 aliphatic carbocycles. The summed E-state index contributed by atoms with van der Waals surface area (Å²) in [6, 6.07) is 19.3. The van der Waals surface area contributed by atoms with E-state index in [1.165, 1.54) is 11.8 Å². The lowest BCUT2D eigenvalue weighted by molar-refractivity contribution is -0.113. The number of carbonyl (C=O) groups is 1. The molecule has 1 N–H and O–H groups in total. The van der Waals surface area contributed by atoms with Gasteiger partial charge < -0.3 is 19.2 Å². The van der Waals surface area contributed by atoms with Crippen molar-refractivity contribution in [3.63, 3.8) is 0 Å². The standard InChI is InChI=1S/C23H21N3O4S/c1-28-19-11-10-15(12-20(19)29-2)13-22-25-26-23(30-22)31-14-21(27)24-18-9-5-7-16-6-3-4-8-17(16)18/h3-12H,13-14H2,1-2H3,(H,24,27). The minimum atomic E-state index is -0.138. The molecule has 7 nitrogen and oxygen atoms in total. The minimum absolute atomic E-state index is 0.138. The van der Waals surface area contributed by atoms with Crippen molar-refractivity contribution in [3.05, 3.63) is 72.1 Å². The highest BCUT2D eigenvalue weighted by molar-refractivity contribution is 7.99. The number of hydrogen-bond acceptors (Lipinski definition) is 7. The molecule has 0 spiro atoms. The van der Waals surface area contributed by atoms with Gasteiger partial charge in [0.2, 0.25) is 11.8 Å². The number of amides is 1. The van der Waals surface area contributed by atoms with Crippen molar-refractivity contribution in [3.8, 4) is 11.5 Å². The van der Waals surface area contributed by atoms with Crippen molar-refractivity contribution in [2.24, 2.45) is 0 Å². The second-order valence-electron chi connectivity index (χ2n) is 6.69. The third-order valence-corrected chi connectivity index (χ3v) is 5.46. The Morgan fingerprint density at radius 3 is 2.65 bits per heavy atom. The molecule has 1 heterocycles. The smallest absolute Gasteiger partial charge is 0.277 e. The van der Waals surface area contributed by atoms with Crippen LogP contribution in [0.5, 0.6) is 11.5 Å². The second-order valence-corrected chi connectivity index (χ2v) is 7.62. The third-order valence-electron chi connectivity index (χ3n) is 4.64. The molecular formula is C23H21N3O4S. The summed E-state index contributed by atoms with van der Waals surface area (Å²) in [5.74, 6) is 1.79. The van der Waals surface area contributed by atoms with E-state index in [-0.39, 0.29) is 11.7 Å². The Labute approximate surface area is 183 Å². The van der Waals surface area contributed by atoms with Crippen LogP contribution in [0, 0.1) is 0 Å². The maximum absolute atomic E-state index is 12.4. The Morgan fingerprint density at radius 1 is 1.00 bits per heavy atom. The van der Waals surface area contributed by atoms with E-state index in [0.717, 1.165) is 22.0 Å². The molecular weight excluding hydrogens is 414 g/mol. The molecule has 0 bridgehead atoms. The zero-order valence-electron chi connectivity index (χ0n) is 17.1. The Hall–Kier alpha value is -3.52. The van der Waals surface area contributed by atoms with E-state index >= 15 is 0 Å². The molecule has 0 fully saturated rings. The van der Waals surface area contributed by atoms with Gasteiger partial charge >= 0.3 is 0 Å². The van der Waals surface area contributed by atoms with Crippen molar-refractivity contribution in [1.29, 1.82) is 0 Å². The Kier molecular flexibility index (Phi) is 6.37. The summed E-state index contributed by atoms with van der Waals surface area (Å²) in [6.07, 6.45) is 0.454. The lowest BCUT2D eigenvalue weighted by atomic mass is 10.1. The molecule has 0 saturated carbocycles. The van der Waals surface area contributed by atoms with Crippen molar-refractivity contribution < 1.29 is 18.7 Å². The summed E-state index contributed by atoms with van der Waals surface area (Å²) in [5.41, 5.74) is 1.73. The average Bonchev–Trinajstić information content (AvgIpc) is 3.25.